The van der Waals surface area contributed by atoms with Gasteiger partial charge in [-0.05, 0) is 30.7 Å². The Labute approximate surface area is 119 Å². The lowest BCUT2D eigenvalue weighted by Crippen LogP contribution is -2.18. The van der Waals surface area contributed by atoms with E-state index in [1.807, 2.05) is 24.3 Å². The van der Waals surface area contributed by atoms with Gasteiger partial charge in [-0.3, -0.25) is 0 Å². The van der Waals surface area contributed by atoms with Crippen LogP contribution in [0.1, 0.15) is 6.42 Å². The minimum atomic E-state index is -4.26. The molecule has 0 saturated heterocycles. The molecule has 0 spiro atoms. The molecule has 0 fully saturated rings. The average Bonchev–Trinajstić information content (AvgIpc) is 2.96. The Hall–Kier alpha value is -2.09. The Balaban J connectivity index is 1.67. The van der Waals surface area contributed by atoms with Gasteiger partial charge in [0.05, 0.1) is 5.69 Å². The fraction of sp³-hybridized carbons (Fsp3) is 0.385. The maximum absolute atomic E-state index is 11.8. The number of ether oxygens (including phenoxy) is 1. The zero-order valence-electron chi connectivity index (χ0n) is 11.2. The van der Waals surface area contributed by atoms with E-state index in [0.717, 1.165) is 11.4 Å². The third-order valence-corrected chi connectivity index (χ3v) is 2.61. The summed E-state index contributed by atoms with van der Waals surface area (Å²) in [5.74, 6) is 0. The minimum Gasteiger partial charge on any atom is -0.385 e. The van der Waals surface area contributed by atoms with Crippen molar-refractivity contribution < 1.29 is 17.9 Å². The largest absolute Gasteiger partial charge is 0.411 e. The first-order valence-corrected chi connectivity index (χ1v) is 6.38. The van der Waals surface area contributed by atoms with Crippen molar-refractivity contribution in [1.29, 1.82) is 0 Å². The first-order chi connectivity index (χ1) is 10.0. The van der Waals surface area contributed by atoms with Gasteiger partial charge in [-0.25, -0.2) is 9.67 Å². The Kier molecular flexibility index (Phi) is 5.15. The molecular formula is C13H15F3N4O. The fourth-order valence-electron chi connectivity index (χ4n) is 1.67. The van der Waals surface area contributed by atoms with Gasteiger partial charge in [0.1, 0.15) is 19.3 Å². The highest BCUT2D eigenvalue weighted by molar-refractivity contribution is 5.48. The maximum atomic E-state index is 11.8. The lowest BCUT2D eigenvalue weighted by molar-refractivity contribution is -0.173. The van der Waals surface area contributed by atoms with E-state index in [0.29, 0.717) is 13.0 Å². The predicted molar refractivity (Wildman–Crippen MR) is 71.3 cm³/mol. The van der Waals surface area contributed by atoms with E-state index >= 15 is 0 Å². The highest BCUT2D eigenvalue weighted by Gasteiger charge is 2.27. The van der Waals surface area contributed by atoms with E-state index in [2.05, 4.69) is 20.1 Å². The van der Waals surface area contributed by atoms with Gasteiger partial charge in [-0.1, -0.05) is 0 Å². The predicted octanol–water partition coefficient (Wildman–Crippen LogP) is 2.65. The number of nitrogens with one attached hydrogen (secondary N) is 1. The first kappa shape index (κ1) is 15.3. The molecule has 8 heteroatoms. The van der Waals surface area contributed by atoms with Crippen LogP contribution in [0, 0.1) is 0 Å². The zero-order valence-corrected chi connectivity index (χ0v) is 11.2. The monoisotopic (exact) mass is 300 g/mol. The Morgan fingerprint density at radius 1 is 1.19 bits per heavy atom. The molecule has 1 aromatic carbocycles. The normalized spacial score (nSPS) is 11.6. The third kappa shape index (κ3) is 5.42. The SMILES string of the molecule is FC(F)(F)COCCCNc1ccc(-n2cncn2)cc1. The Bertz CT molecular complexity index is 525. The number of nitrogens with zero attached hydrogens (tertiary/aromatic N) is 3. The van der Waals surface area contributed by atoms with E-state index in [4.69, 9.17) is 0 Å². The van der Waals surface area contributed by atoms with Crippen LogP contribution in [0.3, 0.4) is 0 Å². The molecule has 1 aromatic heterocycles. The van der Waals surface area contributed by atoms with Gasteiger partial charge in [-0.2, -0.15) is 18.3 Å². The van der Waals surface area contributed by atoms with E-state index in [1.54, 1.807) is 11.0 Å². The Morgan fingerprint density at radius 2 is 1.95 bits per heavy atom. The molecule has 0 saturated carbocycles. The van der Waals surface area contributed by atoms with Crippen molar-refractivity contribution in [2.75, 3.05) is 25.1 Å². The van der Waals surface area contributed by atoms with E-state index < -0.39 is 12.8 Å². The second-order valence-corrected chi connectivity index (χ2v) is 4.34. The second-order valence-electron chi connectivity index (χ2n) is 4.34. The van der Waals surface area contributed by atoms with Crippen LogP contribution in [-0.4, -0.2) is 40.7 Å². The fourth-order valence-corrected chi connectivity index (χ4v) is 1.67. The second kappa shape index (κ2) is 7.07. The highest BCUT2D eigenvalue weighted by atomic mass is 19.4. The highest BCUT2D eigenvalue weighted by Crippen LogP contribution is 2.14. The van der Waals surface area contributed by atoms with Crippen molar-refractivity contribution in [2.24, 2.45) is 0 Å². The first-order valence-electron chi connectivity index (χ1n) is 6.38. The molecule has 1 N–H and O–H groups in total. The minimum absolute atomic E-state index is 0.0730. The molecule has 2 aromatic rings. The molecule has 0 aliphatic carbocycles. The van der Waals surface area contributed by atoms with Crippen molar-refractivity contribution in [3.63, 3.8) is 0 Å². The van der Waals surface area contributed by atoms with Crippen LogP contribution >= 0.6 is 0 Å². The number of benzene rings is 1. The lowest BCUT2D eigenvalue weighted by atomic mass is 10.3. The van der Waals surface area contributed by atoms with E-state index in [1.165, 1.54) is 6.33 Å². The molecule has 0 bridgehead atoms. The van der Waals surface area contributed by atoms with Crippen LogP contribution in [0.5, 0.6) is 0 Å². The van der Waals surface area contributed by atoms with E-state index in [9.17, 15) is 13.2 Å². The van der Waals surface area contributed by atoms with Gasteiger partial charge in [0, 0.05) is 18.8 Å². The molecule has 0 atom stereocenters. The lowest BCUT2D eigenvalue weighted by Gasteiger charge is -2.09. The molecule has 21 heavy (non-hydrogen) atoms. The summed E-state index contributed by atoms with van der Waals surface area (Å²) in [4.78, 5) is 3.86. The molecule has 0 aliphatic heterocycles. The summed E-state index contributed by atoms with van der Waals surface area (Å²) in [7, 11) is 0. The van der Waals surface area contributed by atoms with Gasteiger partial charge < -0.3 is 10.1 Å². The van der Waals surface area contributed by atoms with Crippen molar-refractivity contribution >= 4 is 5.69 Å². The number of rotatable bonds is 7. The van der Waals surface area contributed by atoms with Gasteiger partial charge in [-0.15, -0.1) is 0 Å². The number of hydrogen-bond donors (Lipinski definition) is 1. The van der Waals surface area contributed by atoms with Gasteiger partial charge >= 0.3 is 6.18 Å². The summed E-state index contributed by atoms with van der Waals surface area (Å²) >= 11 is 0. The zero-order chi connectivity index (χ0) is 15.1. The number of aromatic nitrogens is 3. The number of halogens is 3. The van der Waals surface area contributed by atoms with E-state index in [-0.39, 0.29) is 6.61 Å². The standard InChI is InChI=1S/C13H15F3N4O/c14-13(15,16)8-21-7-1-6-18-11-2-4-12(5-3-11)20-10-17-9-19-20/h2-5,9-10,18H,1,6-8H2. The Morgan fingerprint density at radius 3 is 2.57 bits per heavy atom. The topological polar surface area (TPSA) is 52.0 Å². The van der Waals surface area contributed by atoms with Crippen LogP contribution in [0.25, 0.3) is 5.69 Å². The number of hydrogen-bond acceptors (Lipinski definition) is 4. The van der Waals surface area contributed by atoms with Crippen LogP contribution < -0.4 is 5.32 Å². The summed E-state index contributed by atoms with van der Waals surface area (Å²) in [6.45, 7) is -0.580. The molecule has 0 amide bonds. The summed E-state index contributed by atoms with van der Waals surface area (Å²) in [6, 6.07) is 7.48. The molecule has 0 unspecified atom stereocenters. The maximum Gasteiger partial charge on any atom is 0.411 e. The molecule has 5 nitrogen and oxygen atoms in total. The van der Waals surface area contributed by atoms with Gasteiger partial charge in [0.25, 0.3) is 0 Å². The molecule has 1 heterocycles. The quantitative estimate of drug-likeness (QED) is 0.799. The van der Waals surface area contributed by atoms with Gasteiger partial charge in [0.2, 0.25) is 0 Å². The van der Waals surface area contributed by atoms with Crippen molar-refractivity contribution in [3.05, 3.63) is 36.9 Å². The molecule has 0 radical (unpaired) electrons. The van der Waals surface area contributed by atoms with Crippen molar-refractivity contribution in [3.8, 4) is 5.69 Å². The van der Waals surface area contributed by atoms with Gasteiger partial charge in [0.15, 0.2) is 0 Å². The van der Waals surface area contributed by atoms with Crippen LogP contribution in [0.2, 0.25) is 0 Å². The summed E-state index contributed by atoms with van der Waals surface area (Å²) in [5.41, 5.74) is 1.77. The third-order valence-electron chi connectivity index (χ3n) is 2.61. The molecule has 0 aliphatic rings. The van der Waals surface area contributed by atoms with Crippen molar-refractivity contribution in [2.45, 2.75) is 12.6 Å². The molecular weight excluding hydrogens is 285 g/mol. The van der Waals surface area contributed by atoms with Crippen LogP contribution in [0.15, 0.2) is 36.9 Å². The van der Waals surface area contributed by atoms with Crippen LogP contribution in [-0.2, 0) is 4.74 Å². The summed E-state index contributed by atoms with van der Waals surface area (Å²) in [5, 5.41) is 7.12. The molecule has 114 valence electrons. The number of anilines is 1. The summed E-state index contributed by atoms with van der Waals surface area (Å²) < 4.78 is 41.7. The smallest absolute Gasteiger partial charge is 0.385 e. The average molecular weight is 300 g/mol. The molecule has 2 rings (SSSR count). The summed E-state index contributed by atoms with van der Waals surface area (Å²) in [6.07, 6.45) is -0.709. The van der Waals surface area contributed by atoms with Crippen molar-refractivity contribution in [1.82, 2.24) is 14.8 Å². The van der Waals surface area contributed by atoms with Crippen LogP contribution in [0.4, 0.5) is 18.9 Å². The number of alkyl halides is 3.